The monoisotopic (exact) mass is 540 g/mol. The molecule has 0 radical (unpaired) electrons. The van der Waals surface area contributed by atoms with E-state index in [9.17, 15) is 27.9 Å². The lowest BCUT2D eigenvalue weighted by atomic mass is 9.92. The number of halogens is 3. The van der Waals surface area contributed by atoms with Gasteiger partial charge in [0.25, 0.3) is 0 Å². The molecule has 2 amide bonds. The molecule has 0 aliphatic heterocycles. The van der Waals surface area contributed by atoms with Crippen LogP contribution in [-0.4, -0.2) is 60.8 Å². The molecular weight excluding hydrogens is 505 g/mol. The van der Waals surface area contributed by atoms with Crippen molar-refractivity contribution >= 4 is 17.7 Å². The SMILES string of the molecule is CCOC(Cc1ccc(OCCN(CCC(C)(C)C)C(=O)Nc2ccc(OC(F)(F)F)cc2)cc1)C(=O)O. The summed E-state index contributed by atoms with van der Waals surface area (Å²) in [4.78, 5) is 25.8. The minimum absolute atomic E-state index is 0.0267. The van der Waals surface area contributed by atoms with Gasteiger partial charge in [0.05, 0.1) is 6.54 Å². The molecule has 2 aromatic carbocycles. The van der Waals surface area contributed by atoms with Gasteiger partial charge in [-0.1, -0.05) is 32.9 Å². The van der Waals surface area contributed by atoms with Crippen LogP contribution < -0.4 is 14.8 Å². The second kappa shape index (κ2) is 13.9. The third kappa shape index (κ3) is 11.7. The van der Waals surface area contributed by atoms with Gasteiger partial charge < -0.3 is 29.5 Å². The number of aliphatic carboxylic acids is 1. The van der Waals surface area contributed by atoms with Crippen molar-refractivity contribution in [2.45, 2.75) is 53.0 Å². The van der Waals surface area contributed by atoms with E-state index in [1.54, 1.807) is 36.1 Å². The van der Waals surface area contributed by atoms with E-state index in [1.807, 2.05) is 0 Å². The first-order valence-corrected chi connectivity index (χ1v) is 12.2. The number of ether oxygens (including phenoxy) is 3. The van der Waals surface area contributed by atoms with Crippen molar-refractivity contribution in [3.8, 4) is 11.5 Å². The van der Waals surface area contributed by atoms with Crippen molar-refractivity contribution in [3.05, 3.63) is 54.1 Å². The number of carboxylic acid groups (broad SMARTS) is 1. The highest BCUT2D eigenvalue weighted by atomic mass is 19.4. The van der Waals surface area contributed by atoms with E-state index in [0.29, 0.717) is 24.6 Å². The number of hydrogen-bond donors (Lipinski definition) is 2. The summed E-state index contributed by atoms with van der Waals surface area (Å²) in [7, 11) is 0. The molecule has 1 atom stereocenters. The predicted molar refractivity (Wildman–Crippen MR) is 136 cm³/mol. The Kier molecular flexibility index (Phi) is 11.2. The molecule has 0 heterocycles. The Morgan fingerprint density at radius 3 is 2.11 bits per heavy atom. The number of carboxylic acids is 1. The fourth-order valence-electron chi connectivity index (χ4n) is 3.36. The lowest BCUT2D eigenvalue weighted by Crippen LogP contribution is -2.39. The Balaban J connectivity index is 1.96. The lowest BCUT2D eigenvalue weighted by molar-refractivity contribution is -0.274. The molecule has 11 heteroatoms. The van der Waals surface area contributed by atoms with E-state index in [1.165, 1.54) is 12.1 Å². The number of rotatable bonds is 13. The van der Waals surface area contributed by atoms with Gasteiger partial charge in [-0.2, -0.15) is 0 Å². The number of carbonyl (C=O) groups is 2. The van der Waals surface area contributed by atoms with E-state index >= 15 is 0 Å². The second-order valence-corrected chi connectivity index (χ2v) is 9.78. The quantitative estimate of drug-likeness (QED) is 0.325. The maximum Gasteiger partial charge on any atom is 0.573 e. The van der Waals surface area contributed by atoms with Crippen LogP contribution in [0.1, 0.15) is 39.7 Å². The molecule has 0 bridgehead atoms. The lowest BCUT2D eigenvalue weighted by Gasteiger charge is -2.27. The summed E-state index contributed by atoms with van der Waals surface area (Å²) in [5.41, 5.74) is 1.09. The Morgan fingerprint density at radius 2 is 1.58 bits per heavy atom. The highest BCUT2D eigenvalue weighted by molar-refractivity contribution is 5.89. The van der Waals surface area contributed by atoms with Crippen molar-refractivity contribution in [1.82, 2.24) is 4.90 Å². The van der Waals surface area contributed by atoms with Crippen LogP contribution in [0.25, 0.3) is 0 Å². The molecule has 0 aliphatic carbocycles. The van der Waals surface area contributed by atoms with Crippen LogP contribution >= 0.6 is 0 Å². The van der Waals surface area contributed by atoms with Crippen molar-refractivity contribution in [1.29, 1.82) is 0 Å². The van der Waals surface area contributed by atoms with E-state index in [-0.39, 0.29) is 30.7 Å². The average Bonchev–Trinajstić information content (AvgIpc) is 2.81. The Morgan fingerprint density at radius 1 is 0.974 bits per heavy atom. The number of anilines is 1. The first-order valence-electron chi connectivity index (χ1n) is 12.2. The molecule has 8 nitrogen and oxygen atoms in total. The summed E-state index contributed by atoms with van der Waals surface area (Å²) in [5.74, 6) is -0.837. The van der Waals surface area contributed by atoms with Gasteiger partial charge in [0.1, 0.15) is 18.1 Å². The highest BCUT2D eigenvalue weighted by Crippen LogP contribution is 2.24. The van der Waals surface area contributed by atoms with Crippen LogP contribution in [0.4, 0.5) is 23.7 Å². The molecule has 0 aliphatic rings. The van der Waals surface area contributed by atoms with Gasteiger partial charge in [-0.25, -0.2) is 9.59 Å². The molecule has 0 saturated carbocycles. The summed E-state index contributed by atoms with van der Waals surface area (Å²) in [6, 6.07) is 11.5. The first-order chi connectivity index (χ1) is 17.8. The molecule has 0 aromatic heterocycles. The molecule has 0 spiro atoms. The number of alkyl halides is 3. The number of nitrogens with zero attached hydrogens (tertiary/aromatic N) is 1. The average molecular weight is 541 g/mol. The van der Waals surface area contributed by atoms with Crippen molar-refractivity contribution in [3.63, 3.8) is 0 Å². The van der Waals surface area contributed by atoms with Gasteiger partial charge in [0.2, 0.25) is 0 Å². The van der Waals surface area contributed by atoms with Gasteiger partial charge in [-0.05, 0) is 60.7 Å². The van der Waals surface area contributed by atoms with Crippen LogP contribution in [0.5, 0.6) is 11.5 Å². The molecular formula is C27H35F3N2O6. The first kappa shape index (κ1) is 30.8. The Hall–Kier alpha value is -3.47. The van der Waals surface area contributed by atoms with E-state index in [4.69, 9.17) is 9.47 Å². The minimum Gasteiger partial charge on any atom is -0.492 e. The molecule has 2 rings (SSSR count). The standard InChI is InChI=1S/C27H35F3N2O6/c1-5-36-23(24(33)34)18-19-6-10-21(11-7-19)37-17-16-32(15-14-26(2,3)4)25(35)31-20-8-12-22(13-9-20)38-27(28,29)30/h6-13,23H,5,14-18H2,1-4H3,(H,31,35)(H,33,34). The molecule has 38 heavy (non-hydrogen) atoms. The number of urea groups is 1. The molecule has 2 N–H and O–H groups in total. The van der Waals surface area contributed by atoms with Crippen molar-refractivity contribution in [2.75, 3.05) is 31.6 Å². The number of amides is 2. The number of nitrogens with one attached hydrogen (secondary N) is 1. The largest absolute Gasteiger partial charge is 0.573 e. The second-order valence-electron chi connectivity index (χ2n) is 9.78. The van der Waals surface area contributed by atoms with E-state index in [2.05, 4.69) is 30.8 Å². The Labute approximate surface area is 220 Å². The minimum atomic E-state index is -4.79. The summed E-state index contributed by atoms with van der Waals surface area (Å²) < 4.78 is 52.0. The van der Waals surface area contributed by atoms with E-state index < -0.39 is 24.5 Å². The van der Waals surface area contributed by atoms with Gasteiger partial charge in [-0.15, -0.1) is 13.2 Å². The number of benzene rings is 2. The maximum absolute atomic E-state index is 12.9. The highest BCUT2D eigenvalue weighted by Gasteiger charge is 2.31. The van der Waals surface area contributed by atoms with Gasteiger partial charge in [-0.3, -0.25) is 0 Å². The van der Waals surface area contributed by atoms with Gasteiger partial charge in [0.15, 0.2) is 6.10 Å². The van der Waals surface area contributed by atoms with Gasteiger partial charge >= 0.3 is 18.4 Å². The van der Waals surface area contributed by atoms with Crippen LogP contribution in [0.2, 0.25) is 0 Å². The van der Waals surface area contributed by atoms with Crippen molar-refractivity contribution < 1.29 is 42.1 Å². The summed E-state index contributed by atoms with van der Waals surface area (Å²) in [6.45, 7) is 9.12. The maximum atomic E-state index is 12.9. The van der Waals surface area contributed by atoms with Crippen molar-refractivity contribution in [2.24, 2.45) is 5.41 Å². The zero-order valence-corrected chi connectivity index (χ0v) is 22.0. The number of hydrogen-bond acceptors (Lipinski definition) is 5. The van der Waals surface area contributed by atoms with E-state index in [0.717, 1.165) is 24.1 Å². The number of carbonyl (C=O) groups excluding carboxylic acids is 1. The van der Waals surface area contributed by atoms with Gasteiger partial charge in [0, 0.05) is 25.3 Å². The molecule has 210 valence electrons. The molecule has 0 saturated heterocycles. The fraction of sp³-hybridized carbons (Fsp3) is 0.481. The van der Waals surface area contributed by atoms with Crippen LogP contribution in [0, 0.1) is 5.41 Å². The summed E-state index contributed by atoms with van der Waals surface area (Å²) >= 11 is 0. The summed E-state index contributed by atoms with van der Waals surface area (Å²) in [5, 5.41) is 11.9. The topological polar surface area (TPSA) is 97.3 Å². The zero-order chi connectivity index (χ0) is 28.3. The summed E-state index contributed by atoms with van der Waals surface area (Å²) in [6.07, 6.45) is -4.76. The van der Waals surface area contributed by atoms with Crippen LogP contribution in [-0.2, 0) is 16.0 Å². The molecule has 0 fully saturated rings. The Bertz CT molecular complexity index is 1020. The molecule has 1 unspecified atom stereocenters. The smallest absolute Gasteiger partial charge is 0.492 e. The predicted octanol–water partition coefficient (Wildman–Crippen LogP) is 5.97. The third-order valence-corrected chi connectivity index (χ3v) is 5.38. The van der Waals surface area contributed by atoms with Crippen LogP contribution in [0.3, 0.4) is 0 Å². The van der Waals surface area contributed by atoms with Crippen LogP contribution in [0.15, 0.2) is 48.5 Å². The normalized spacial score (nSPS) is 12.5. The fourth-order valence-corrected chi connectivity index (χ4v) is 3.36. The third-order valence-electron chi connectivity index (χ3n) is 5.38. The zero-order valence-electron chi connectivity index (χ0n) is 22.0. The molecule has 2 aromatic rings.